The molecule has 2 saturated carbocycles. The van der Waals surface area contributed by atoms with E-state index < -0.39 is 0 Å². The van der Waals surface area contributed by atoms with Crippen LogP contribution in [0.1, 0.15) is 86.5 Å². The second-order valence-corrected chi connectivity index (χ2v) is 6.78. The molecule has 0 aromatic carbocycles. The van der Waals surface area contributed by atoms with Gasteiger partial charge < -0.3 is 0 Å². The lowest BCUT2D eigenvalue weighted by molar-refractivity contribution is 0.277. The van der Waals surface area contributed by atoms with Crippen LogP contribution in [0.25, 0.3) is 0 Å². The molecular formula is C19H38. The second kappa shape index (κ2) is 10.5. The SMILES string of the molecule is C.C/C=C/C1CCC(C)CC1.CC1CCCCC1C. The predicted molar refractivity (Wildman–Crippen MR) is 89.5 cm³/mol. The molecule has 0 aromatic heterocycles. The topological polar surface area (TPSA) is 0 Å². The molecule has 0 radical (unpaired) electrons. The fourth-order valence-electron chi connectivity index (χ4n) is 3.25. The summed E-state index contributed by atoms with van der Waals surface area (Å²) >= 11 is 0. The van der Waals surface area contributed by atoms with E-state index in [9.17, 15) is 0 Å². The van der Waals surface area contributed by atoms with E-state index in [0.29, 0.717) is 0 Å². The van der Waals surface area contributed by atoms with Crippen LogP contribution in [0, 0.1) is 23.7 Å². The lowest BCUT2D eigenvalue weighted by atomic mass is 9.82. The van der Waals surface area contributed by atoms with Gasteiger partial charge in [-0.15, -0.1) is 0 Å². The van der Waals surface area contributed by atoms with Crippen molar-refractivity contribution in [2.75, 3.05) is 0 Å². The number of hydrogen-bond acceptors (Lipinski definition) is 0. The third-order valence-electron chi connectivity index (χ3n) is 5.07. The van der Waals surface area contributed by atoms with Crippen molar-refractivity contribution < 1.29 is 0 Å². The summed E-state index contributed by atoms with van der Waals surface area (Å²) in [4.78, 5) is 0. The van der Waals surface area contributed by atoms with E-state index in [-0.39, 0.29) is 7.43 Å². The first-order valence-electron chi connectivity index (χ1n) is 8.26. The van der Waals surface area contributed by atoms with Crippen molar-refractivity contribution in [3.63, 3.8) is 0 Å². The fraction of sp³-hybridized carbons (Fsp3) is 0.895. The molecule has 2 aliphatic carbocycles. The fourth-order valence-corrected chi connectivity index (χ4v) is 3.25. The van der Waals surface area contributed by atoms with Gasteiger partial charge in [0, 0.05) is 0 Å². The highest BCUT2D eigenvalue weighted by atomic mass is 14.2. The molecule has 2 unspecified atom stereocenters. The van der Waals surface area contributed by atoms with Gasteiger partial charge in [0.2, 0.25) is 0 Å². The summed E-state index contributed by atoms with van der Waals surface area (Å²) in [6.07, 6.45) is 16.2. The molecule has 0 bridgehead atoms. The average Bonchev–Trinajstić information content (AvgIpc) is 2.37. The van der Waals surface area contributed by atoms with Crippen LogP contribution in [0.4, 0.5) is 0 Å². The Morgan fingerprint density at radius 3 is 1.58 bits per heavy atom. The Morgan fingerprint density at radius 1 is 0.737 bits per heavy atom. The zero-order chi connectivity index (χ0) is 13.4. The van der Waals surface area contributed by atoms with Gasteiger partial charge in [0.25, 0.3) is 0 Å². The first kappa shape index (κ1) is 18.7. The molecule has 0 nitrogen and oxygen atoms in total. The maximum Gasteiger partial charge on any atom is -0.0233 e. The van der Waals surface area contributed by atoms with E-state index in [0.717, 1.165) is 23.7 Å². The van der Waals surface area contributed by atoms with E-state index in [1.165, 1.54) is 51.4 Å². The molecule has 0 spiro atoms. The zero-order valence-electron chi connectivity index (χ0n) is 13.1. The molecule has 0 aromatic rings. The van der Waals surface area contributed by atoms with Gasteiger partial charge in [-0.25, -0.2) is 0 Å². The summed E-state index contributed by atoms with van der Waals surface area (Å²) in [6, 6.07) is 0. The van der Waals surface area contributed by atoms with Crippen LogP contribution in [0.2, 0.25) is 0 Å². The molecule has 0 N–H and O–H groups in total. The Morgan fingerprint density at radius 2 is 1.21 bits per heavy atom. The van der Waals surface area contributed by atoms with Crippen molar-refractivity contribution in [2.45, 2.75) is 86.5 Å². The molecule has 0 saturated heterocycles. The molecule has 2 rings (SSSR count). The molecule has 2 atom stereocenters. The van der Waals surface area contributed by atoms with Crippen molar-refractivity contribution in [2.24, 2.45) is 23.7 Å². The molecule has 0 aliphatic heterocycles. The molecule has 2 aliphatic rings. The standard InChI is InChI=1S/C10H18.C8H16.CH4/c1-3-4-10-7-5-9(2)6-8-10;1-7-5-3-4-6-8(7)2;/h3-4,9-10H,5-8H2,1-2H3;7-8H,3-6H2,1-2H3;1H4/b4-3+;;. The van der Waals surface area contributed by atoms with Gasteiger partial charge in [0.15, 0.2) is 0 Å². The van der Waals surface area contributed by atoms with E-state index in [1.807, 2.05) is 0 Å². The molecule has 114 valence electrons. The largest absolute Gasteiger partial charge is 0.0914 e. The van der Waals surface area contributed by atoms with Gasteiger partial charge >= 0.3 is 0 Å². The Labute approximate surface area is 123 Å². The minimum atomic E-state index is 0. The molecule has 0 heterocycles. The minimum absolute atomic E-state index is 0. The van der Waals surface area contributed by atoms with E-state index in [4.69, 9.17) is 0 Å². The van der Waals surface area contributed by atoms with Crippen molar-refractivity contribution in [1.29, 1.82) is 0 Å². The van der Waals surface area contributed by atoms with Crippen LogP contribution >= 0.6 is 0 Å². The van der Waals surface area contributed by atoms with Crippen molar-refractivity contribution in [3.8, 4) is 0 Å². The minimum Gasteiger partial charge on any atom is -0.0914 e. The maximum atomic E-state index is 2.38. The van der Waals surface area contributed by atoms with Gasteiger partial charge in [-0.3, -0.25) is 0 Å². The normalized spacial score (nSPS) is 35.2. The summed E-state index contributed by atoms with van der Waals surface area (Å²) in [7, 11) is 0. The van der Waals surface area contributed by atoms with Gasteiger partial charge in [-0.05, 0) is 43.4 Å². The molecular weight excluding hydrogens is 228 g/mol. The Balaban J connectivity index is 0.000000331. The highest BCUT2D eigenvalue weighted by Gasteiger charge is 2.15. The summed E-state index contributed by atoms with van der Waals surface area (Å²) < 4.78 is 0. The van der Waals surface area contributed by atoms with E-state index in [1.54, 1.807) is 0 Å². The quantitative estimate of drug-likeness (QED) is 0.455. The smallest absolute Gasteiger partial charge is 0.0233 e. The van der Waals surface area contributed by atoms with Gasteiger partial charge in [0.05, 0.1) is 0 Å². The van der Waals surface area contributed by atoms with Crippen molar-refractivity contribution in [1.82, 2.24) is 0 Å². The Kier molecular flexibility index (Phi) is 10.4. The zero-order valence-corrected chi connectivity index (χ0v) is 13.1. The van der Waals surface area contributed by atoms with Gasteiger partial charge in [-0.1, -0.05) is 78.9 Å². The first-order chi connectivity index (χ1) is 8.63. The summed E-state index contributed by atoms with van der Waals surface area (Å²) in [6.45, 7) is 9.25. The number of hydrogen-bond donors (Lipinski definition) is 0. The van der Waals surface area contributed by atoms with Gasteiger partial charge in [0.1, 0.15) is 0 Å². The molecule has 19 heavy (non-hydrogen) atoms. The number of rotatable bonds is 1. The van der Waals surface area contributed by atoms with Crippen LogP contribution < -0.4 is 0 Å². The molecule has 0 amide bonds. The van der Waals surface area contributed by atoms with Crippen LogP contribution in [0.3, 0.4) is 0 Å². The van der Waals surface area contributed by atoms with Gasteiger partial charge in [-0.2, -0.15) is 0 Å². The van der Waals surface area contributed by atoms with E-state index in [2.05, 4.69) is 39.8 Å². The Bertz CT molecular complexity index is 210. The summed E-state index contributed by atoms with van der Waals surface area (Å²) in [5.41, 5.74) is 0. The third kappa shape index (κ3) is 7.80. The molecule has 2 fully saturated rings. The lowest BCUT2D eigenvalue weighted by Crippen LogP contribution is -2.12. The number of allylic oxidation sites excluding steroid dienone is 2. The summed E-state index contributed by atoms with van der Waals surface area (Å²) in [5.74, 6) is 3.90. The molecule has 0 heteroatoms. The van der Waals surface area contributed by atoms with Crippen LogP contribution in [-0.4, -0.2) is 0 Å². The van der Waals surface area contributed by atoms with Crippen LogP contribution in [0.15, 0.2) is 12.2 Å². The van der Waals surface area contributed by atoms with E-state index >= 15 is 0 Å². The lowest BCUT2D eigenvalue weighted by Gasteiger charge is -2.24. The van der Waals surface area contributed by atoms with Crippen molar-refractivity contribution in [3.05, 3.63) is 12.2 Å². The van der Waals surface area contributed by atoms with Crippen LogP contribution in [0.5, 0.6) is 0 Å². The predicted octanol–water partition coefficient (Wildman–Crippen LogP) is 6.86. The highest BCUT2D eigenvalue weighted by molar-refractivity contribution is 4.88. The first-order valence-corrected chi connectivity index (χ1v) is 8.26. The average molecular weight is 267 g/mol. The monoisotopic (exact) mass is 266 g/mol. The maximum absolute atomic E-state index is 2.38. The Hall–Kier alpha value is -0.260. The highest BCUT2D eigenvalue weighted by Crippen LogP contribution is 2.29. The second-order valence-electron chi connectivity index (χ2n) is 6.78. The van der Waals surface area contributed by atoms with Crippen LogP contribution in [-0.2, 0) is 0 Å². The van der Waals surface area contributed by atoms with Crippen molar-refractivity contribution >= 4 is 0 Å². The summed E-state index contributed by atoms with van der Waals surface area (Å²) in [5, 5.41) is 0. The third-order valence-corrected chi connectivity index (χ3v) is 5.07.